The van der Waals surface area contributed by atoms with Crippen LogP contribution >= 0.6 is 23.4 Å². The van der Waals surface area contributed by atoms with Crippen LogP contribution in [-0.2, 0) is 6.54 Å². The molecule has 0 saturated carbocycles. The largest absolute Gasteiger partial charge is 0.327 e. The summed E-state index contributed by atoms with van der Waals surface area (Å²) in [6, 6.07) is 16.3. The molecule has 1 heterocycles. The van der Waals surface area contributed by atoms with Crippen molar-refractivity contribution in [1.82, 2.24) is 9.55 Å². The Labute approximate surface area is 127 Å². The topological polar surface area (TPSA) is 17.8 Å². The fourth-order valence-corrected chi connectivity index (χ4v) is 3.23. The van der Waals surface area contributed by atoms with E-state index in [2.05, 4.69) is 46.8 Å². The Hall–Kier alpha value is -1.45. The summed E-state index contributed by atoms with van der Waals surface area (Å²) in [5.41, 5.74) is 2.28. The SMILES string of the molecule is Cc1nc2ccccc2n1CCSc1ccc(Cl)cc1. The number of nitrogens with zero attached hydrogens (tertiary/aromatic N) is 2. The second-order valence-corrected chi connectivity index (χ2v) is 6.21. The standard InChI is InChI=1S/C16H15ClN2S/c1-12-18-15-4-2-3-5-16(15)19(12)10-11-20-14-8-6-13(17)7-9-14/h2-9H,10-11H2,1H3. The summed E-state index contributed by atoms with van der Waals surface area (Å²) in [7, 11) is 0. The molecule has 0 aliphatic carbocycles. The van der Waals surface area contributed by atoms with Crippen LogP contribution in [0.2, 0.25) is 5.02 Å². The van der Waals surface area contributed by atoms with E-state index in [1.807, 2.05) is 30.0 Å². The lowest BCUT2D eigenvalue weighted by Gasteiger charge is -2.07. The first-order chi connectivity index (χ1) is 9.74. The third-order valence-corrected chi connectivity index (χ3v) is 4.49. The predicted molar refractivity (Wildman–Crippen MR) is 86.6 cm³/mol. The Bertz CT molecular complexity index is 719. The lowest BCUT2D eigenvalue weighted by molar-refractivity contribution is 0.761. The average molecular weight is 303 g/mol. The molecule has 20 heavy (non-hydrogen) atoms. The molecule has 0 saturated heterocycles. The lowest BCUT2D eigenvalue weighted by Crippen LogP contribution is -2.02. The van der Waals surface area contributed by atoms with E-state index in [0.717, 1.165) is 28.7 Å². The molecular weight excluding hydrogens is 288 g/mol. The number of para-hydroxylation sites is 2. The minimum Gasteiger partial charge on any atom is -0.327 e. The third-order valence-electron chi connectivity index (χ3n) is 3.24. The Morgan fingerprint density at radius 2 is 1.85 bits per heavy atom. The van der Waals surface area contributed by atoms with Gasteiger partial charge in [0.05, 0.1) is 11.0 Å². The molecule has 0 aliphatic heterocycles. The molecule has 102 valence electrons. The van der Waals surface area contributed by atoms with Gasteiger partial charge >= 0.3 is 0 Å². The molecule has 0 N–H and O–H groups in total. The van der Waals surface area contributed by atoms with E-state index in [1.165, 1.54) is 10.4 Å². The van der Waals surface area contributed by atoms with Crippen molar-refractivity contribution < 1.29 is 0 Å². The summed E-state index contributed by atoms with van der Waals surface area (Å²) in [5.74, 6) is 2.09. The molecule has 3 aromatic rings. The number of fused-ring (bicyclic) bond motifs is 1. The highest BCUT2D eigenvalue weighted by Crippen LogP contribution is 2.22. The molecule has 1 aromatic heterocycles. The number of rotatable bonds is 4. The first-order valence-corrected chi connectivity index (χ1v) is 7.90. The van der Waals surface area contributed by atoms with Gasteiger partial charge in [-0.25, -0.2) is 4.98 Å². The van der Waals surface area contributed by atoms with E-state index in [1.54, 1.807) is 0 Å². The van der Waals surface area contributed by atoms with Gasteiger partial charge in [-0.3, -0.25) is 0 Å². The molecule has 0 bridgehead atoms. The fraction of sp³-hybridized carbons (Fsp3) is 0.188. The van der Waals surface area contributed by atoms with Gasteiger partial charge in [0.25, 0.3) is 0 Å². The van der Waals surface area contributed by atoms with Crippen molar-refractivity contribution in [3.63, 3.8) is 0 Å². The van der Waals surface area contributed by atoms with E-state index in [4.69, 9.17) is 11.6 Å². The van der Waals surface area contributed by atoms with Crippen molar-refractivity contribution in [3.8, 4) is 0 Å². The van der Waals surface area contributed by atoms with Crippen LogP contribution < -0.4 is 0 Å². The number of hydrogen-bond acceptors (Lipinski definition) is 2. The van der Waals surface area contributed by atoms with Gasteiger partial charge in [0.15, 0.2) is 0 Å². The van der Waals surface area contributed by atoms with Crippen molar-refractivity contribution in [2.24, 2.45) is 0 Å². The molecule has 0 aliphatic rings. The van der Waals surface area contributed by atoms with E-state index in [-0.39, 0.29) is 0 Å². The van der Waals surface area contributed by atoms with Crippen molar-refractivity contribution in [2.75, 3.05) is 5.75 Å². The normalized spacial score (nSPS) is 11.1. The highest BCUT2D eigenvalue weighted by Gasteiger charge is 2.06. The predicted octanol–water partition coefficient (Wildman–Crippen LogP) is 4.79. The Kier molecular flexibility index (Phi) is 3.99. The van der Waals surface area contributed by atoms with E-state index in [0.29, 0.717) is 0 Å². The fourth-order valence-electron chi connectivity index (χ4n) is 2.26. The van der Waals surface area contributed by atoms with E-state index >= 15 is 0 Å². The Morgan fingerprint density at radius 1 is 1.10 bits per heavy atom. The summed E-state index contributed by atoms with van der Waals surface area (Å²) < 4.78 is 2.28. The smallest absolute Gasteiger partial charge is 0.106 e. The number of benzene rings is 2. The van der Waals surface area contributed by atoms with Crippen molar-refractivity contribution >= 4 is 34.4 Å². The molecule has 4 heteroatoms. The second kappa shape index (κ2) is 5.90. The summed E-state index contributed by atoms with van der Waals surface area (Å²) >= 11 is 7.73. The number of hydrogen-bond donors (Lipinski definition) is 0. The molecule has 2 aromatic carbocycles. The van der Waals surface area contributed by atoms with E-state index < -0.39 is 0 Å². The molecule has 0 unspecified atom stereocenters. The minimum atomic E-state index is 0.783. The summed E-state index contributed by atoms with van der Waals surface area (Å²) in [4.78, 5) is 5.83. The van der Waals surface area contributed by atoms with Crippen molar-refractivity contribution in [2.45, 2.75) is 18.4 Å². The molecular formula is C16H15ClN2S. The maximum absolute atomic E-state index is 5.89. The minimum absolute atomic E-state index is 0.783. The highest BCUT2D eigenvalue weighted by atomic mass is 35.5. The molecule has 0 amide bonds. The molecule has 3 rings (SSSR count). The van der Waals surface area contributed by atoms with Crippen LogP contribution in [0.15, 0.2) is 53.4 Å². The molecule has 0 fully saturated rings. The third kappa shape index (κ3) is 2.84. The average Bonchev–Trinajstić information content (AvgIpc) is 2.77. The van der Waals surface area contributed by atoms with Gasteiger partial charge in [-0.1, -0.05) is 23.7 Å². The van der Waals surface area contributed by atoms with Crippen LogP contribution in [0.1, 0.15) is 5.82 Å². The number of halogens is 1. The lowest BCUT2D eigenvalue weighted by atomic mass is 10.3. The van der Waals surface area contributed by atoms with Crippen LogP contribution in [-0.4, -0.2) is 15.3 Å². The molecule has 2 nitrogen and oxygen atoms in total. The Balaban J connectivity index is 1.71. The first-order valence-electron chi connectivity index (χ1n) is 6.54. The number of aromatic nitrogens is 2. The van der Waals surface area contributed by atoms with Gasteiger partial charge < -0.3 is 4.57 Å². The van der Waals surface area contributed by atoms with Crippen LogP contribution in [0, 0.1) is 6.92 Å². The van der Waals surface area contributed by atoms with Gasteiger partial charge in [-0.05, 0) is 43.3 Å². The van der Waals surface area contributed by atoms with Gasteiger partial charge in [-0.15, -0.1) is 11.8 Å². The zero-order chi connectivity index (χ0) is 13.9. The first kappa shape index (κ1) is 13.5. The highest BCUT2D eigenvalue weighted by molar-refractivity contribution is 7.99. The maximum atomic E-state index is 5.89. The molecule has 0 atom stereocenters. The zero-order valence-electron chi connectivity index (χ0n) is 11.2. The van der Waals surface area contributed by atoms with Gasteiger partial charge in [-0.2, -0.15) is 0 Å². The zero-order valence-corrected chi connectivity index (χ0v) is 12.8. The summed E-state index contributed by atoms with van der Waals surface area (Å²) in [6.45, 7) is 3.02. The Morgan fingerprint density at radius 3 is 2.65 bits per heavy atom. The second-order valence-electron chi connectivity index (χ2n) is 4.60. The van der Waals surface area contributed by atoms with Crippen LogP contribution in [0.25, 0.3) is 11.0 Å². The number of aryl methyl sites for hydroxylation is 2. The van der Waals surface area contributed by atoms with Gasteiger partial charge in [0, 0.05) is 22.2 Å². The summed E-state index contributed by atoms with van der Waals surface area (Å²) in [6.07, 6.45) is 0. The maximum Gasteiger partial charge on any atom is 0.106 e. The van der Waals surface area contributed by atoms with Crippen LogP contribution in [0.4, 0.5) is 0 Å². The summed E-state index contributed by atoms with van der Waals surface area (Å²) in [5, 5.41) is 0.783. The van der Waals surface area contributed by atoms with Crippen molar-refractivity contribution in [1.29, 1.82) is 0 Å². The van der Waals surface area contributed by atoms with Gasteiger partial charge in [0.1, 0.15) is 5.82 Å². The quantitative estimate of drug-likeness (QED) is 0.645. The molecule has 0 spiro atoms. The van der Waals surface area contributed by atoms with E-state index in [9.17, 15) is 0 Å². The van der Waals surface area contributed by atoms with Crippen LogP contribution in [0.5, 0.6) is 0 Å². The van der Waals surface area contributed by atoms with Crippen LogP contribution in [0.3, 0.4) is 0 Å². The number of thioether (sulfide) groups is 1. The van der Waals surface area contributed by atoms with Gasteiger partial charge in [0.2, 0.25) is 0 Å². The van der Waals surface area contributed by atoms with Crippen molar-refractivity contribution in [3.05, 3.63) is 59.4 Å². The number of imidazole rings is 1. The molecule has 0 radical (unpaired) electrons. The monoisotopic (exact) mass is 302 g/mol.